The summed E-state index contributed by atoms with van der Waals surface area (Å²) < 4.78 is 0. The monoisotopic (exact) mass is 246 g/mol. The molecule has 2 nitrogen and oxygen atoms in total. The van der Waals surface area contributed by atoms with E-state index in [2.05, 4.69) is 52.8 Å². The Bertz CT molecular complexity index is 757. The van der Waals surface area contributed by atoms with Gasteiger partial charge in [-0.15, -0.1) is 0 Å². The zero-order valence-electron chi connectivity index (χ0n) is 10.6. The fourth-order valence-corrected chi connectivity index (χ4v) is 2.82. The Morgan fingerprint density at radius 3 is 2.95 bits per heavy atom. The van der Waals surface area contributed by atoms with Crippen molar-refractivity contribution in [3.8, 4) is 11.1 Å². The lowest BCUT2D eigenvalue weighted by Gasteiger charge is -2.08. The molecule has 0 unspecified atom stereocenters. The maximum Gasteiger partial charge on any atom is 0.0373 e. The highest BCUT2D eigenvalue weighted by atomic mass is 14.9. The van der Waals surface area contributed by atoms with Crippen LogP contribution in [0.4, 0.5) is 5.69 Å². The van der Waals surface area contributed by atoms with Gasteiger partial charge in [-0.3, -0.25) is 4.98 Å². The molecular weight excluding hydrogens is 232 g/mol. The number of rotatable bonds is 1. The average molecular weight is 246 g/mol. The summed E-state index contributed by atoms with van der Waals surface area (Å²) in [4.78, 5) is 4.37. The number of nitrogens with one attached hydrogen (secondary N) is 1. The van der Waals surface area contributed by atoms with Crippen LogP contribution in [0, 0.1) is 0 Å². The maximum atomic E-state index is 4.37. The summed E-state index contributed by atoms with van der Waals surface area (Å²) in [6, 6.07) is 15.1. The van der Waals surface area contributed by atoms with Crippen molar-refractivity contribution >= 4 is 16.5 Å². The zero-order valence-corrected chi connectivity index (χ0v) is 10.6. The summed E-state index contributed by atoms with van der Waals surface area (Å²) in [5.74, 6) is 0. The first-order valence-corrected chi connectivity index (χ1v) is 6.62. The molecule has 0 fully saturated rings. The van der Waals surface area contributed by atoms with Crippen molar-refractivity contribution < 1.29 is 0 Å². The highest BCUT2D eigenvalue weighted by molar-refractivity contribution is 5.96. The molecule has 3 aromatic rings. The van der Waals surface area contributed by atoms with Crippen molar-refractivity contribution in [2.75, 3.05) is 11.9 Å². The van der Waals surface area contributed by atoms with Crippen LogP contribution in [0.5, 0.6) is 0 Å². The molecule has 2 heterocycles. The largest absolute Gasteiger partial charge is 0.384 e. The minimum absolute atomic E-state index is 1.05. The van der Waals surface area contributed by atoms with Gasteiger partial charge in [0.05, 0.1) is 0 Å². The highest BCUT2D eigenvalue weighted by Gasteiger charge is 2.11. The molecule has 92 valence electrons. The second-order valence-corrected chi connectivity index (χ2v) is 4.96. The fourth-order valence-electron chi connectivity index (χ4n) is 2.82. The predicted molar refractivity (Wildman–Crippen MR) is 79.4 cm³/mol. The predicted octanol–water partition coefficient (Wildman–Crippen LogP) is 3.87. The number of nitrogens with zero attached hydrogens (tertiary/aromatic N) is 1. The van der Waals surface area contributed by atoms with Crippen molar-refractivity contribution in [2.24, 2.45) is 0 Å². The summed E-state index contributed by atoms with van der Waals surface area (Å²) in [5.41, 5.74) is 5.15. The molecule has 0 atom stereocenters. The van der Waals surface area contributed by atoms with Gasteiger partial charge in [0, 0.05) is 35.6 Å². The molecule has 0 saturated carbocycles. The molecule has 4 rings (SSSR count). The van der Waals surface area contributed by atoms with Crippen LogP contribution in [0.15, 0.2) is 54.9 Å². The Kier molecular flexibility index (Phi) is 2.27. The molecule has 1 aliphatic rings. The normalized spacial score (nSPS) is 13.3. The average Bonchev–Trinajstić information content (AvgIpc) is 2.94. The fraction of sp³-hybridized carbons (Fsp3) is 0.118. The van der Waals surface area contributed by atoms with Gasteiger partial charge in [0.1, 0.15) is 0 Å². The van der Waals surface area contributed by atoms with Crippen LogP contribution in [0.2, 0.25) is 0 Å². The lowest BCUT2D eigenvalue weighted by molar-refractivity contribution is 1.11. The summed E-state index contributed by atoms with van der Waals surface area (Å²) in [5, 5.41) is 5.86. The van der Waals surface area contributed by atoms with E-state index >= 15 is 0 Å². The number of pyridine rings is 1. The van der Waals surface area contributed by atoms with Gasteiger partial charge in [0.15, 0.2) is 0 Å². The van der Waals surface area contributed by atoms with Crippen molar-refractivity contribution in [1.29, 1.82) is 0 Å². The Balaban J connectivity index is 1.95. The van der Waals surface area contributed by atoms with Crippen LogP contribution in [0.25, 0.3) is 21.9 Å². The van der Waals surface area contributed by atoms with Crippen LogP contribution in [0.1, 0.15) is 5.56 Å². The van der Waals surface area contributed by atoms with Crippen LogP contribution >= 0.6 is 0 Å². The van der Waals surface area contributed by atoms with E-state index in [0.29, 0.717) is 0 Å². The quantitative estimate of drug-likeness (QED) is 0.705. The lowest BCUT2D eigenvalue weighted by atomic mass is 9.98. The molecule has 1 N–H and O–H groups in total. The summed E-state index contributed by atoms with van der Waals surface area (Å²) in [6.45, 7) is 1.05. The van der Waals surface area contributed by atoms with Gasteiger partial charge in [-0.05, 0) is 35.1 Å². The highest BCUT2D eigenvalue weighted by Crippen LogP contribution is 2.32. The van der Waals surface area contributed by atoms with E-state index in [1.54, 1.807) is 0 Å². The topological polar surface area (TPSA) is 24.9 Å². The molecule has 0 spiro atoms. The smallest absolute Gasteiger partial charge is 0.0373 e. The molecule has 0 bridgehead atoms. The Labute approximate surface area is 112 Å². The first-order valence-electron chi connectivity index (χ1n) is 6.62. The van der Waals surface area contributed by atoms with Gasteiger partial charge in [0.25, 0.3) is 0 Å². The van der Waals surface area contributed by atoms with Crippen LogP contribution in [0.3, 0.4) is 0 Å². The first kappa shape index (κ1) is 10.6. The summed E-state index contributed by atoms with van der Waals surface area (Å²) >= 11 is 0. The third kappa shape index (κ3) is 1.68. The standard InChI is InChI=1S/C17H14N2/c1-2-4-15-14(3-1)10-18-11-16(15)12-5-6-17-13(9-12)7-8-19-17/h1-6,9-11,19H,7-8H2. The van der Waals surface area contributed by atoms with Crippen molar-refractivity contribution in [1.82, 2.24) is 4.98 Å². The van der Waals surface area contributed by atoms with Gasteiger partial charge in [0.2, 0.25) is 0 Å². The maximum absolute atomic E-state index is 4.37. The van der Waals surface area contributed by atoms with E-state index < -0.39 is 0 Å². The van der Waals surface area contributed by atoms with Gasteiger partial charge >= 0.3 is 0 Å². The molecule has 0 saturated heterocycles. The van der Waals surface area contributed by atoms with Gasteiger partial charge in [-0.25, -0.2) is 0 Å². The molecule has 0 amide bonds. The zero-order chi connectivity index (χ0) is 12.7. The Hall–Kier alpha value is -2.35. The lowest BCUT2D eigenvalue weighted by Crippen LogP contribution is -1.90. The summed E-state index contributed by atoms with van der Waals surface area (Å²) in [6.07, 6.45) is 5.00. The second kappa shape index (κ2) is 4.09. The molecule has 2 heteroatoms. The van der Waals surface area contributed by atoms with Crippen LogP contribution in [-0.2, 0) is 6.42 Å². The summed E-state index contributed by atoms with van der Waals surface area (Å²) in [7, 11) is 0. The van der Waals surface area contributed by atoms with E-state index in [0.717, 1.165) is 13.0 Å². The van der Waals surface area contributed by atoms with E-state index in [4.69, 9.17) is 0 Å². The molecule has 0 radical (unpaired) electrons. The Morgan fingerprint density at radius 1 is 1.00 bits per heavy atom. The van der Waals surface area contributed by atoms with E-state index in [-0.39, 0.29) is 0 Å². The van der Waals surface area contributed by atoms with Crippen LogP contribution < -0.4 is 5.32 Å². The number of benzene rings is 2. The minimum Gasteiger partial charge on any atom is -0.384 e. The van der Waals surface area contributed by atoms with Gasteiger partial charge < -0.3 is 5.32 Å². The number of anilines is 1. The molecule has 2 aromatic carbocycles. The minimum atomic E-state index is 1.05. The first-order chi connectivity index (χ1) is 9.42. The van der Waals surface area contributed by atoms with E-state index in [9.17, 15) is 0 Å². The molecule has 19 heavy (non-hydrogen) atoms. The van der Waals surface area contributed by atoms with Gasteiger partial charge in [-0.2, -0.15) is 0 Å². The number of aromatic nitrogens is 1. The second-order valence-electron chi connectivity index (χ2n) is 4.96. The molecule has 1 aliphatic heterocycles. The molecule has 0 aliphatic carbocycles. The third-order valence-corrected chi connectivity index (χ3v) is 3.79. The van der Waals surface area contributed by atoms with Crippen molar-refractivity contribution in [2.45, 2.75) is 6.42 Å². The van der Waals surface area contributed by atoms with Gasteiger partial charge in [-0.1, -0.05) is 30.3 Å². The van der Waals surface area contributed by atoms with Crippen LogP contribution in [-0.4, -0.2) is 11.5 Å². The van der Waals surface area contributed by atoms with Crippen molar-refractivity contribution in [3.05, 3.63) is 60.4 Å². The molecule has 1 aromatic heterocycles. The third-order valence-electron chi connectivity index (χ3n) is 3.79. The number of fused-ring (bicyclic) bond motifs is 2. The van der Waals surface area contributed by atoms with E-state index in [1.807, 2.05) is 12.4 Å². The van der Waals surface area contributed by atoms with E-state index in [1.165, 1.54) is 33.2 Å². The number of hydrogen-bond acceptors (Lipinski definition) is 2. The number of hydrogen-bond donors (Lipinski definition) is 1. The Morgan fingerprint density at radius 2 is 1.95 bits per heavy atom. The SMILES string of the molecule is c1ccc2c(-c3ccc4c(c3)CCN4)cncc2c1. The van der Waals surface area contributed by atoms with Crippen molar-refractivity contribution in [3.63, 3.8) is 0 Å². The molecular formula is C17H14N2.